The highest BCUT2D eigenvalue weighted by atomic mass is 19.1. The molecule has 0 atom stereocenters. The van der Waals surface area contributed by atoms with Crippen LogP contribution in [0.5, 0.6) is 0 Å². The lowest BCUT2D eigenvalue weighted by Crippen LogP contribution is -2.43. The zero-order valence-electron chi connectivity index (χ0n) is 14.9. The molecule has 0 saturated heterocycles. The number of hydrazine groups is 1. The minimum absolute atomic E-state index is 0.224. The zero-order chi connectivity index (χ0) is 20.1. The van der Waals surface area contributed by atoms with Crippen LogP contribution in [0.3, 0.4) is 0 Å². The van der Waals surface area contributed by atoms with Gasteiger partial charge in [-0.05, 0) is 31.2 Å². The van der Waals surface area contributed by atoms with E-state index in [2.05, 4.69) is 15.8 Å². The Morgan fingerprint density at radius 1 is 1.00 bits per heavy atom. The van der Waals surface area contributed by atoms with Gasteiger partial charge in [-0.2, -0.15) is 0 Å². The molecule has 2 N–H and O–H groups in total. The number of hydrogen-bond acceptors (Lipinski definition) is 5. The van der Waals surface area contributed by atoms with Gasteiger partial charge < -0.3 is 4.74 Å². The number of esters is 1. The molecule has 3 aromatic rings. The van der Waals surface area contributed by atoms with Crippen LogP contribution in [0.4, 0.5) is 4.39 Å². The molecule has 2 amide bonds. The Kier molecular flexibility index (Phi) is 5.59. The van der Waals surface area contributed by atoms with E-state index in [4.69, 9.17) is 4.74 Å². The summed E-state index contributed by atoms with van der Waals surface area (Å²) >= 11 is 0. The molecule has 8 heteroatoms. The SMILES string of the molecule is Cc1cc(C(=O)OCC(=O)NNC(=O)c2ccccc2F)c2ccccc2n1. The van der Waals surface area contributed by atoms with Crippen molar-refractivity contribution in [3.63, 3.8) is 0 Å². The summed E-state index contributed by atoms with van der Waals surface area (Å²) < 4.78 is 18.5. The minimum Gasteiger partial charge on any atom is -0.452 e. The predicted octanol–water partition coefficient (Wildman–Crippen LogP) is 2.30. The third-order valence-electron chi connectivity index (χ3n) is 3.83. The van der Waals surface area contributed by atoms with E-state index in [1.807, 2.05) is 0 Å². The Hall–Kier alpha value is -3.81. The quantitative estimate of drug-likeness (QED) is 0.534. The number of ether oxygens (including phenoxy) is 1. The Morgan fingerprint density at radius 3 is 2.50 bits per heavy atom. The predicted molar refractivity (Wildman–Crippen MR) is 98.8 cm³/mol. The lowest BCUT2D eigenvalue weighted by atomic mass is 10.1. The number of carbonyl (C=O) groups excluding carboxylic acids is 3. The van der Waals surface area contributed by atoms with Crippen molar-refractivity contribution >= 4 is 28.7 Å². The molecule has 0 bridgehead atoms. The highest BCUT2D eigenvalue weighted by Gasteiger charge is 2.16. The number of para-hydroxylation sites is 1. The fourth-order valence-electron chi connectivity index (χ4n) is 2.56. The number of benzene rings is 2. The molecule has 1 heterocycles. The summed E-state index contributed by atoms with van der Waals surface area (Å²) in [6, 6.07) is 14.0. The zero-order valence-corrected chi connectivity index (χ0v) is 14.9. The Morgan fingerprint density at radius 2 is 1.71 bits per heavy atom. The Bertz CT molecular complexity index is 1070. The summed E-state index contributed by atoms with van der Waals surface area (Å²) in [6.07, 6.45) is 0. The number of aryl methyl sites for hydroxylation is 1. The number of amides is 2. The molecular formula is C20H16FN3O4. The molecule has 0 aliphatic rings. The van der Waals surface area contributed by atoms with Crippen LogP contribution in [0.1, 0.15) is 26.4 Å². The number of nitrogens with zero attached hydrogens (tertiary/aromatic N) is 1. The first-order valence-corrected chi connectivity index (χ1v) is 8.33. The third kappa shape index (κ3) is 4.29. The average Bonchev–Trinajstić information content (AvgIpc) is 2.69. The Balaban J connectivity index is 1.59. The smallest absolute Gasteiger partial charge is 0.339 e. The normalized spacial score (nSPS) is 10.4. The van der Waals surface area contributed by atoms with Crippen molar-refractivity contribution in [2.45, 2.75) is 6.92 Å². The van der Waals surface area contributed by atoms with Gasteiger partial charge in [0.1, 0.15) is 5.82 Å². The second-order valence-electron chi connectivity index (χ2n) is 5.89. The topological polar surface area (TPSA) is 97.4 Å². The molecule has 1 aromatic heterocycles. The summed E-state index contributed by atoms with van der Waals surface area (Å²) in [4.78, 5) is 40.3. The van der Waals surface area contributed by atoms with E-state index < -0.39 is 30.2 Å². The lowest BCUT2D eigenvalue weighted by molar-refractivity contribution is -0.125. The van der Waals surface area contributed by atoms with Crippen LogP contribution in [0, 0.1) is 12.7 Å². The lowest BCUT2D eigenvalue weighted by Gasteiger charge is -2.10. The van der Waals surface area contributed by atoms with Gasteiger partial charge in [0.05, 0.1) is 16.6 Å². The fraction of sp³-hybridized carbons (Fsp3) is 0.100. The third-order valence-corrected chi connectivity index (χ3v) is 3.83. The van der Waals surface area contributed by atoms with Crippen LogP contribution in [0.25, 0.3) is 10.9 Å². The van der Waals surface area contributed by atoms with E-state index >= 15 is 0 Å². The highest BCUT2D eigenvalue weighted by molar-refractivity contribution is 6.04. The summed E-state index contributed by atoms with van der Waals surface area (Å²) in [5, 5.41) is 0.603. The minimum atomic E-state index is -0.825. The molecule has 0 saturated carbocycles. The maximum Gasteiger partial charge on any atom is 0.339 e. The van der Waals surface area contributed by atoms with Crippen molar-refractivity contribution in [3.05, 3.63) is 77.2 Å². The van der Waals surface area contributed by atoms with Crippen LogP contribution >= 0.6 is 0 Å². The van der Waals surface area contributed by atoms with Crippen LogP contribution in [-0.2, 0) is 9.53 Å². The first kappa shape index (κ1) is 19.0. The first-order valence-electron chi connectivity index (χ1n) is 8.33. The van der Waals surface area contributed by atoms with Crippen molar-refractivity contribution in [3.8, 4) is 0 Å². The van der Waals surface area contributed by atoms with Gasteiger partial charge in [-0.3, -0.25) is 25.4 Å². The van der Waals surface area contributed by atoms with Crippen LogP contribution in [0.15, 0.2) is 54.6 Å². The average molecular weight is 381 g/mol. The van der Waals surface area contributed by atoms with Crippen LogP contribution in [0.2, 0.25) is 0 Å². The van der Waals surface area contributed by atoms with Gasteiger partial charge in [0.2, 0.25) is 0 Å². The number of pyridine rings is 1. The van der Waals surface area contributed by atoms with E-state index in [1.54, 1.807) is 37.3 Å². The van der Waals surface area contributed by atoms with Crippen molar-refractivity contribution in [1.29, 1.82) is 0 Å². The molecule has 0 unspecified atom stereocenters. The summed E-state index contributed by atoms with van der Waals surface area (Å²) in [5.41, 5.74) is 5.46. The van der Waals surface area contributed by atoms with Crippen molar-refractivity contribution in [2.24, 2.45) is 0 Å². The van der Waals surface area contributed by atoms with Gasteiger partial charge in [-0.25, -0.2) is 9.18 Å². The molecule has 3 rings (SSSR count). The molecule has 0 aliphatic heterocycles. The van der Waals surface area contributed by atoms with Crippen molar-refractivity contribution in [2.75, 3.05) is 6.61 Å². The highest BCUT2D eigenvalue weighted by Crippen LogP contribution is 2.19. The van der Waals surface area contributed by atoms with E-state index in [1.165, 1.54) is 18.2 Å². The molecule has 28 heavy (non-hydrogen) atoms. The van der Waals surface area contributed by atoms with Gasteiger partial charge >= 0.3 is 5.97 Å². The summed E-state index contributed by atoms with van der Waals surface area (Å²) in [5.74, 6) is -3.01. The summed E-state index contributed by atoms with van der Waals surface area (Å²) in [6.45, 7) is 1.13. The number of aromatic nitrogens is 1. The fourth-order valence-corrected chi connectivity index (χ4v) is 2.56. The standard InChI is InChI=1S/C20H16FN3O4/c1-12-10-15(13-6-3-5-9-17(13)22-12)20(27)28-11-18(25)23-24-19(26)14-7-2-4-8-16(14)21/h2-10H,11H2,1H3,(H,23,25)(H,24,26). The number of nitrogens with one attached hydrogen (secondary N) is 2. The number of carbonyl (C=O) groups is 3. The monoisotopic (exact) mass is 381 g/mol. The molecule has 0 aliphatic carbocycles. The number of halogens is 1. The van der Waals surface area contributed by atoms with Gasteiger partial charge in [0.25, 0.3) is 11.8 Å². The second-order valence-corrected chi connectivity index (χ2v) is 5.89. The number of fused-ring (bicyclic) bond motifs is 1. The Labute approximate surface area is 159 Å². The number of hydrogen-bond donors (Lipinski definition) is 2. The maximum atomic E-state index is 13.5. The molecular weight excluding hydrogens is 365 g/mol. The molecule has 7 nitrogen and oxygen atoms in total. The second kappa shape index (κ2) is 8.26. The summed E-state index contributed by atoms with van der Waals surface area (Å²) in [7, 11) is 0. The molecule has 0 spiro atoms. The first-order chi connectivity index (χ1) is 13.5. The van der Waals surface area contributed by atoms with Crippen molar-refractivity contribution in [1.82, 2.24) is 15.8 Å². The largest absolute Gasteiger partial charge is 0.452 e. The van der Waals surface area contributed by atoms with E-state index in [0.717, 1.165) is 6.07 Å². The van der Waals surface area contributed by atoms with Gasteiger partial charge in [0.15, 0.2) is 6.61 Å². The maximum absolute atomic E-state index is 13.5. The molecule has 142 valence electrons. The molecule has 0 radical (unpaired) electrons. The molecule has 0 fully saturated rings. The van der Waals surface area contributed by atoms with E-state index in [0.29, 0.717) is 16.6 Å². The van der Waals surface area contributed by atoms with Gasteiger partial charge in [-0.15, -0.1) is 0 Å². The van der Waals surface area contributed by atoms with Gasteiger partial charge in [0, 0.05) is 11.1 Å². The van der Waals surface area contributed by atoms with Crippen LogP contribution < -0.4 is 10.9 Å². The van der Waals surface area contributed by atoms with E-state index in [9.17, 15) is 18.8 Å². The van der Waals surface area contributed by atoms with Gasteiger partial charge in [-0.1, -0.05) is 30.3 Å². The van der Waals surface area contributed by atoms with Crippen molar-refractivity contribution < 1.29 is 23.5 Å². The van der Waals surface area contributed by atoms with Crippen LogP contribution in [-0.4, -0.2) is 29.4 Å². The molecule has 2 aromatic carbocycles. The number of rotatable bonds is 4. The van der Waals surface area contributed by atoms with E-state index in [-0.39, 0.29) is 11.1 Å².